The summed E-state index contributed by atoms with van der Waals surface area (Å²) in [7, 11) is 0. The molecule has 0 aliphatic rings. The largest absolute Gasteiger partial charge is 0.416 e. The molecule has 0 amide bonds. The normalized spacial score (nSPS) is 11.4. The number of hydrogen-bond donors (Lipinski definition) is 2. The first-order valence-corrected chi connectivity index (χ1v) is 6.30. The Hall–Kier alpha value is -1.51. The van der Waals surface area contributed by atoms with E-state index in [0.717, 1.165) is 15.7 Å². The molecule has 0 aliphatic carbocycles. The van der Waals surface area contributed by atoms with E-state index in [0.29, 0.717) is 5.69 Å². The van der Waals surface area contributed by atoms with Crippen molar-refractivity contribution in [2.24, 2.45) is 0 Å². The van der Waals surface area contributed by atoms with Gasteiger partial charge in [-0.25, -0.2) is 4.98 Å². The van der Waals surface area contributed by atoms with Crippen molar-refractivity contribution in [3.05, 3.63) is 45.5 Å². The molecule has 0 fully saturated rings. The van der Waals surface area contributed by atoms with Crippen molar-refractivity contribution in [3.8, 4) is 0 Å². The van der Waals surface area contributed by atoms with Gasteiger partial charge >= 0.3 is 6.18 Å². The second-order valence-electron chi connectivity index (χ2n) is 3.80. The van der Waals surface area contributed by atoms with Gasteiger partial charge in [-0.05, 0) is 59.0 Å². The van der Waals surface area contributed by atoms with Crippen LogP contribution in [0.2, 0.25) is 0 Å². The molecule has 0 bridgehead atoms. The third kappa shape index (κ3) is 3.72. The van der Waals surface area contributed by atoms with E-state index in [-0.39, 0.29) is 11.6 Å². The molecule has 2 rings (SSSR count). The van der Waals surface area contributed by atoms with E-state index in [1.165, 1.54) is 0 Å². The number of nitrogen functional groups attached to an aromatic ring is 1. The number of nitrogens with two attached hydrogens (primary N) is 1. The summed E-state index contributed by atoms with van der Waals surface area (Å²) >= 11 is 2.14. The number of halogens is 4. The van der Waals surface area contributed by atoms with E-state index in [4.69, 9.17) is 5.73 Å². The van der Waals surface area contributed by atoms with Crippen LogP contribution in [0.3, 0.4) is 0 Å². The van der Waals surface area contributed by atoms with Crippen LogP contribution in [-0.4, -0.2) is 4.98 Å². The van der Waals surface area contributed by atoms with Crippen molar-refractivity contribution in [1.29, 1.82) is 0 Å². The molecular formula is C12H9F3IN3. The van der Waals surface area contributed by atoms with E-state index >= 15 is 0 Å². The Kier molecular flexibility index (Phi) is 3.83. The number of aromatic nitrogens is 1. The van der Waals surface area contributed by atoms with Crippen LogP contribution in [0.5, 0.6) is 0 Å². The van der Waals surface area contributed by atoms with Gasteiger partial charge in [0.05, 0.1) is 5.56 Å². The average Bonchev–Trinajstić information content (AvgIpc) is 2.30. The minimum Gasteiger partial charge on any atom is -0.384 e. The van der Waals surface area contributed by atoms with Crippen LogP contribution >= 0.6 is 22.6 Å². The number of anilines is 3. The monoisotopic (exact) mass is 379 g/mol. The van der Waals surface area contributed by atoms with E-state index < -0.39 is 11.7 Å². The summed E-state index contributed by atoms with van der Waals surface area (Å²) in [5.74, 6) is -0.114. The molecule has 0 atom stereocenters. The maximum Gasteiger partial charge on any atom is 0.416 e. The fourth-order valence-corrected chi connectivity index (χ4v) is 1.82. The predicted octanol–water partition coefficient (Wildman–Crippen LogP) is 4.03. The summed E-state index contributed by atoms with van der Waals surface area (Å²) in [4.78, 5) is 3.83. The SMILES string of the molecule is Nc1cc(C(F)(F)F)cc(Nc2ccc(I)cc2)n1. The minimum atomic E-state index is -4.44. The molecule has 19 heavy (non-hydrogen) atoms. The van der Waals surface area contributed by atoms with E-state index in [1.54, 1.807) is 12.1 Å². The second-order valence-corrected chi connectivity index (χ2v) is 5.04. The molecule has 0 aliphatic heterocycles. The van der Waals surface area contributed by atoms with Gasteiger partial charge in [0.25, 0.3) is 0 Å². The van der Waals surface area contributed by atoms with Gasteiger partial charge in [-0.3, -0.25) is 0 Å². The smallest absolute Gasteiger partial charge is 0.384 e. The lowest BCUT2D eigenvalue weighted by molar-refractivity contribution is -0.137. The average molecular weight is 379 g/mol. The van der Waals surface area contributed by atoms with Crippen LogP contribution < -0.4 is 11.1 Å². The molecule has 0 spiro atoms. The summed E-state index contributed by atoms with van der Waals surface area (Å²) in [5, 5.41) is 2.79. The first-order valence-electron chi connectivity index (χ1n) is 5.22. The number of pyridine rings is 1. The molecule has 3 nitrogen and oxygen atoms in total. The van der Waals surface area contributed by atoms with Gasteiger partial charge < -0.3 is 11.1 Å². The first kappa shape index (κ1) is 13.9. The van der Waals surface area contributed by atoms with Crippen molar-refractivity contribution in [2.75, 3.05) is 11.1 Å². The molecule has 7 heteroatoms. The molecule has 0 radical (unpaired) electrons. The van der Waals surface area contributed by atoms with Crippen molar-refractivity contribution in [2.45, 2.75) is 6.18 Å². The Labute approximate surface area is 121 Å². The maximum atomic E-state index is 12.6. The van der Waals surface area contributed by atoms with Crippen LogP contribution in [0.1, 0.15) is 5.56 Å². The Morgan fingerprint density at radius 3 is 2.32 bits per heavy atom. The zero-order valence-electron chi connectivity index (χ0n) is 9.50. The van der Waals surface area contributed by atoms with Gasteiger partial charge in [-0.2, -0.15) is 13.2 Å². The molecule has 2 aromatic rings. The fourth-order valence-electron chi connectivity index (χ4n) is 1.46. The Bertz CT molecular complexity index is 582. The van der Waals surface area contributed by atoms with Gasteiger partial charge in [0.15, 0.2) is 0 Å². The number of hydrogen-bond acceptors (Lipinski definition) is 3. The standard InChI is InChI=1S/C12H9F3IN3/c13-12(14,15)7-5-10(17)19-11(6-7)18-9-3-1-8(16)2-4-9/h1-6H,(H3,17,18,19). The van der Waals surface area contributed by atoms with E-state index in [9.17, 15) is 13.2 Å². The number of alkyl halides is 3. The zero-order valence-corrected chi connectivity index (χ0v) is 11.7. The first-order chi connectivity index (χ1) is 8.84. The number of nitrogens with one attached hydrogen (secondary N) is 1. The fraction of sp³-hybridized carbons (Fsp3) is 0.0833. The van der Waals surface area contributed by atoms with Crippen molar-refractivity contribution >= 4 is 39.9 Å². The van der Waals surface area contributed by atoms with Crippen LogP contribution in [0.15, 0.2) is 36.4 Å². The van der Waals surface area contributed by atoms with Gasteiger partial charge in [-0.1, -0.05) is 0 Å². The van der Waals surface area contributed by atoms with Crippen molar-refractivity contribution in [1.82, 2.24) is 4.98 Å². The van der Waals surface area contributed by atoms with Crippen LogP contribution in [0.25, 0.3) is 0 Å². The Morgan fingerprint density at radius 2 is 1.74 bits per heavy atom. The van der Waals surface area contributed by atoms with Gasteiger partial charge in [0.2, 0.25) is 0 Å². The topological polar surface area (TPSA) is 50.9 Å². The molecule has 0 saturated heterocycles. The van der Waals surface area contributed by atoms with E-state index in [1.807, 2.05) is 12.1 Å². The Morgan fingerprint density at radius 1 is 1.11 bits per heavy atom. The highest BCUT2D eigenvalue weighted by Crippen LogP contribution is 2.32. The molecule has 0 unspecified atom stereocenters. The lowest BCUT2D eigenvalue weighted by Gasteiger charge is -2.11. The lowest BCUT2D eigenvalue weighted by Crippen LogP contribution is -2.08. The van der Waals surface area contributed by atoms with E-state index in [2.05, 4.69) is 32.9 Å². The number of nitrogens with zero attached hydrogens (tertiary/aromatic N) is 1. The quantitative estimate of drug-likeness (QED) is 0.775. The molecule has 1 heterocycles. The van der Waals surface area contributed by atoms with Crippen molar-refractivity contribution < 1.29 is 13.2 Å². The van der Waals surface area contributed by atoms with Gasteiger partial charge in [0, 0.05) is 9.26 Å². The van der Waals surface area contributed by atoms with Gasteiger partial charge in [0.1, 0.15) is 11.6 Å². The van der Waals surface area contributed by atoms with Crippen LogP contribution in [0.4, 0.5) is 30.5 Å². The van der Waals surface area contributed by atoms with Gasteiger partial charge in [-0.15, -0.1) is 0 Å². The zero-order chi connectivity index (χ0) is 14.0. The highest BCUT2D eigenvalue weighted by atomic mass is 127. The molecule has 0 saturated carbocycles. The molecule has 100 valence electrons. The molecular weight excluding hydrogens is 370 g/mol. The third-order valence-electron chi connectivity index (χ3n) is 2.29. The minimum absolute atomic E-state index is 0.0635. The maximum absolute atomic E-state index is 12.6. The predicted molar refractivity (Wildman–Crippen MR) is 76.1 cm³/mol. The lowest BCUT2D eigenvalue weighted by atomic mass is 10.2. The summed E-state index contributed by atoms with van der Waals surface area (Å²) in [6.45, 7) is 0. The number of benzene rings is 1. The molecule has 1 aromatic carbocycles. The number of rotatable bonds is 2. The third-order valence-corrected chi connectivity index (χ3v) is 3.01. The second kappa shape index (κ2) is 5.24. The van der Waals surface area contributed by atoms with Crippen LogP contribution in [-0.2, 0) is 6.18 Å². The summed E-state index contributed by atoms with van der Waals surface area (Å²) in [6, 6.07) is 8.90. The summed E-state index contributed by atoms with van der Waals surface area (Å²) in [6.07, 6.45) is -4.44. The Balaban J connectivity index is 2.30. The summed E-state index contributed by atoms with van der Waals surface area (Å²) in [5.41, 5.74) is 5.20. The molecule has 3 N–H and O–H groups in total. The van der Waals surface area contributed by atoms with Crippen LogP contribution in [0, 0.1) is 3.57 Å². The van der Waals surface area contributed by atoms with Crippen molar-refractivity contribution in [3.63, 3.8) is 0 Å². The summed E-state index contributed by atoms with van der Waals surface area (Å²) < 4.78 is 38.9. The highest BCUT2D eigenvalue weighted by molar-refractivity contribution is 14.1. The molecule has 1 aromatic heterocycles. The highest BCUT2D eigenvalue weighted by Gasteiger charge is 2.31.